The quantitative estimate of drug-likeness (QED) is 0.129. The standard InChI is InChI=1S/C28H34N2O8/c1-19(2)25(31)35-15-17-37-27(33)21(5)29-11-7-23(8-12-29)24-9-13-30(14-10-24)22(6)28(34)38-18-16-36-26(32)20(3)4/h7-14,21-22H,1,3,15-18H2,2,4-6H3/q+2. The fourth-order valence-corrected chi connectivity index (χ4v) is 3.06. The first-order chi connectivity index (χ1) is 18.0. The minimum atomic E-state index is -0.574. The number of hydrogen-bond acceptors (Lipinski definition) is 8. The van der Waals surface area contributed by atoms with Gasteiger partial charge in [0.25, 0.3) is 12.1 Å². The molecule has 0 amide bonds. The van der Waals surface area contributed by atoms with E-state index < -0.39 is 36.0 Å². The Bertz CT molecular complexity index is 1080. The van der Waals surface area contributed by atoms with Gasteiger partial charge in [0.1, 0.15) is 26.4 Å². The number of pyridine rings is 2. The molecular formula is C28H34N2O8+2. The summed E-state index contributed by atoms with van der Waals surface area (Å²) in [4.78, 5) is 47.3. The highest BCUT2D eigenvalue weighted by Gasteiger charge is 2.25. The molecule has 202 valence electrons. The van der Waals surface area contributed by atoms with Gasteiger partial charge in [-0.15, -0.1) is 0 Å². The smallest absolute Gasteiger partial charge is 0.375 e. The number of esters is 4. The van der Waals surface area contributed by atoms with Crippen molar-refractivity contribution in [2.75, 3.05) is 26.4 Å². The summed E-state index contributed by atoms with van der Waals surface area (Å²) in [6.07, 6.45) is 7.07. The van der Waals surface area contributed by atoms with Gasteiger partial charge in [-0.1, -0.05) is 13.2 Å². The first-order valence-electron chi connectivity index (χ1n) is 12.0. The van der Waals surface area contributed by atoms with E-state index in [2.05, 4.69) is 13.2 Å². The van der Waals surface area contributed by atoms with Gasteiger partial charge in [-0.2, -0.15) is 9.13 Å². The van der Waals surface area contributed by atoms with Crippen molar-refractivity contribution in [3.05, 3.63) is 73.4 Å². The van der Waals surface area contributed by atoms with E-state index in [1.54, 1.807) is 47.8 Å². The van der Waals surface area contributed by atoms with E-state index in [-0.39, 0.29) is 37.6 Å². The van der Waals surface area contributed by atoms with E-state index in [1.165, 1.54) is 13.8 Å². The predicted molar refractivity (Wildman–Crippen MR) is 135 cm³/mol. The fourth-order valence-electron chi connectivity index (χ4n) is 3.06. The molecule has 0 aliphatic carbocycles. The Morgan fingerprint density at radius 3 is 1.21 bits per heavy atom. The van der Waals surface area contributed by atoms with Crippen LogP contribution in [0.2, 0.25) is 0 Å². The SMILES string of the molecule is C=C(C)C(=O)OCCOC(=O)C(C)[n+]1ccc(-c2cc[n+](C(C)C(=O)OCCOC(=O)C(=C)C)cc2)cc1. The van der Waals surface area contributed by atoms with Crippen molar-refractivity contribution in [1.29, 1.82) is 0 Å². The zero-order chi connectivity index (χ0) is 28.2. The molecule has 2 rings (SSSR count). The Balaban J connectivity index is 1.87. The summed E-state index contributed by atoms with van der Waals surface area (Å²) >= 11 is 0. The van der Waals surface area contributed by atoms with Gasteiger partial charge in [0.05, 0.1) is 0 Å². The number of aromatic nitrogens is 2. The molecule has 0 spiro atoms. The van der Waals surface area contributed by atoms with Crippen LogP contribution in [0.25, 0.3) is 11.1 Å². The molecule has 2 aromatic heterocycles. The van der Waals surface area contributed by atoms with Crippen LogP contribution in [0.3, 0.4) is 0 Å². The molecule has 0 aliphatic rings. The van der Waals surface area contributed by atoms with Crippen molar-refractivity contribution in [2.45, 2.75) is 39.8 Å². The van der Waals surface area contributed by atoms with Crippen LogP contribution in [0, 0.1) is 0 Å². The van der Waals surface area contributed by atoms with Crippen LogP contribution in [0.4, 0.5) is 0 Å². The van der Waals surface area contributed by atoms with Crippen LogP contribution in [0.5, 0.6) is 0 Å². The Labute approximate surface area is 222 Å². The van der Waals surface area contributed by atoms with Crippen LogP contribution in [-0.2, 0) is 38.1 Å². The summed E-state index contributed by atoms with van der Waals surface area (Å²) in [6.45, 7) is 13.3. The van der Waals surface area contributed by atoms with Crippen molar-refractivity contribution in [1.82, 2.24) is 0 Å². The topological polar surface area (TPSA) is 113 Å². The molecule has 2 aromatic rings. The number of nitrogens with zero attached hydrogens (tertiary/aromatic N) is 2. The van der Waals surface area contributed by atoms with Gasteiger partial charge in [0.2, 0.25) is 0 Å². The number of carbonyl (C=O) groups is 4. The lowest BCUT2D eigenvalue weighted by Gasteiger charge is -2.10. The molecule has 0 bridgehead atoms. The Kier molecular flexibility index (Phi) is 11.3. The monoisotopic (exact) mass is 526 g/mol. The average Bonchev–Trinajstić information content (AvgIpc) is 2.92. The van der Waals surface area contributed by atoms with Crippen LogP contribution in [0.15, 0.2) is 73.4 Å². The third kappa shape index (κ3) is 8.95. The van der Waals surface area contributed by atoms with Gasteiger partial charge in [0.15, 0.2) is 24.8 Å². The predicted octanol–water partition coefficient (Wildman–Crippen LogP) is 2.38. The molecule has 2 atom stereocenters. The summed E-state index contributed by atoms with van der Waals surface area (Å²) in [5.41, 5.74) is 2.38. The van der Waals surface area contributed by atoms with E-state index >= 15 is 0 Å². The van der Waals surface area contributed by atoms with Crippen LogP contribution in [-0.4, -0.2) is 50.3 Å². The zero-order valence-electron chi connectivity index (χ0n) is 22.2. The van der Waals surface area contributed by atoms with Crippen molar-refractivity contribution in [2.24, 2.45) is 0 Å². The third-order valence-electron chi connectivity index (χ3n) is 5.43. The number of rotatable bonds is 13. The molecule has 2 unspecified atom stereocenters. The number of carbonyl (C=O) groups excluding carboxylic acids is 4. The fraction of sp³-hybridized carbons (Fsp3) is 0.357. The largest absolute Gasteiger partial charge is 0.459 e. The first kappa shape index (κ1) is 29.9. The maximum Gasteiger partial charge on any atom is 0.375 e. The lowest BCUT2D eigenvalue weighted by molar-refractivity contribution is -0.707. The second-order valence-corrected chi connectivity index (χ2v) is 8.59. The van der Waals surface area contributed by atoms with Crippen molar-refractivity contribution in [3.8, 4) is 11.1 Å². The Morgan fingerprint density at radius 2 is 0.921 bits per heavy atom. The van der Waals surface area contributed by atoms with Gasteiger partial charge in [0, 0.05) is 49.3 Å². The molecule has 0 aliphatic heterocycles. The summed E-state index contributed by atoms with van der Waals surface area (Å²) in [5, 5.41) is 0. The highest BCUT2D eigenvalue weighted by molar-refractivity contribution is 5.87. The number of hydrogen-bond donors (Lipinski definition) is 0. The molecule has 38 heavy (non-hydrogen) atoms. The van der Waals surface area contributed by atoms with Gasteiger partial charge >= 0.3 is 23.9 Å². The molecule has 0 saturated heterocycles. The van der Waals surface area contributed by atoms with Gasteiger partial charge in [-0.3, -0.25) is 0 Å². The van der Waals surface area contributed by atoms with Gasteiger partial charge in [-0.25, -0.2) is 19.2 Å². The van der Waals surface area contributed by atoms with E-state index in [9.17, 15) is 19.2 Å². The van der Waals surface area contributed by atoms with Crippen molar-refractivity contribution in [3.63, 3.8) is 0 Å². The first-order valence-corrected chi connectivity index (χ1v) is 12.0. The van der Waals surface area contributed by atoms with Crippen LogP contribution >= 0.6 is 0 Å². The normalized spacial score (nSPS) is 12.0. The average molecular weight is 527 g/mol. The highest BCUT2D eigenvalue weighted by atomic mass is 16.6. The number of ether oxygens (including phenoxy) is 4. The maximum atomic E-state index is 12.3. The second kappa shape index (κ2) is 14.4. The van der Waals surface area contributed by atoms with E-state index in [1.807, 2.05) is 24.3 Å². The van der Waals surface area contributed by atoms with Crippen molar-refractivity contribution >= 4 is 23.9 Å². The van der Waals surface area contributed by atoms with Crippen LogP contribution < -0.4 is 9.13 Å². The molecule has 2 heterocycles. The maximum absolute atomic E-state index is 12.3. The van der Waals surface area contributed by atoms with E-state index in [0.29, 0.717) is 0 Å². The molecule has 0 fully saturated rings. The van der Waals surface area contributed by atoms with Crippen molar-refractivity contribution < 1.29 is 47.3 Å². The summed E-state index contributed by atoms with van der Waals surface area (Å²) in [6, 6.07) is 6.30. The van der Waals surface area contributed by atoms with E-state index in [0.717, 1.165) is 11.1 Å². The molecule has 0 saturated carbocycles. The van der Waals surface area contributed by atoms with E-state index in [4.69, 9.17) is 18.9 Å². The minimum absolute atomic E-state index is 0.0387. The van der Waals surface area contributed by atoms with Gasteiger partial charge in [-0.05, 0) is 25.0 Å². The molecule has 0 radical (unpaired) electrons. The molecule has 0 N–H and O–H groups in total. The molecular weight excluding hydrogens is 492 g/mol. The lowest BCUT2D eigenvalue weighted by Crippen LogP contribution is -2.43. The molecule has 10 nitrogen and oxygen atoms in total. The molecule has 0 aromatic carbocycles. The molecule has 10 heteroatoms. The minimum Gasteiger partial charge on any atom is -0.459 e. The highest BCUT2D eigenvalue weighted by Crippen LogP contribution is 2.17. The summed E-state index contributed by atoms with van der Waals surface area (Å²) in [5.74, 6) is -1.97. The Hall–Kier alpha value is -4.34. The zero-order valence-corrected chi connectivity index (χ0v) is 22.2. The summed E-state index contributed by atoms with van der Waals surface area (Å²) in [7, 11) is 0. The Morgan fingerprint density at radius 1 is 0.632 bits per heavy atom. The van der Waals surface area contributed by atoms with Crippen LogP contribution in [0.1, 0.15) is 39.8 Å². The summed E-state index contributed by atoms with van der Waals surface area (Å²) < 4.78 is 23.6. The van der Waals surface area contributed by atoms with Gasteiger partial charge < -0.3 is 18.9 Å². The lowest BCUT2D eigenvalue weighted by atomic mass is 10.1. The third-order valence-corrected chi connectivity index (χ3v) is 5.43. The second-order valence-electron chi connectivity index (χ2n) is 8.59.